The van der Waals surface area contributed by atoms with Gasteiger partial charge in [0.2, 0.25) is 5.43 Å². The van der Waals surface area contributed by atoms with Gasteiger partial charge in [0.1, 0.15) is 16.8 Å². The van der Waals surface area contributed by atoms with E-state index in [-0.39, 0.29) is 48.0 Å². The summed E-state index contributed by atoms with van der Waals surface area (Å²) < 4.78 is 59.9. The zero-order chi connectivity index (χ0) is 30.8. The molecule has 3 aromatic rings. The minimum Gasteiger partial charge on any atom is -0.475 e. The fourth-order valence-electron chi connectivity index (χ4n) is 4.61. The normalized spacial score (nSPS) is 15.3. The lowest BCUT2D eigenvalue weighted by Gasteiger charge is -2.29. The third-order valence-corrected chi connectivity index (χ3v) is 6.46. The van der Waals surface area contributed by atoms with E-state index in [0.717, 1.165) is 6.07 Å². The number of pyridine rings is 1. The first-order chi connectivity index (χ1) is 19.8. The van der Waals surface area contributed by atoms with Crippen molar-refractivity contribution in [1.29, 1.82) is 0 Å². The average Bonchev–Trinajstić information content (AvgIpc) is 3.35. The van der Waals surface area contributed by atoms with Crippen molar-refractivity contribution in [1.82, 2.24) is 9.88 Å². The van der Waals surface area contributed by atoms with Crippen LogP contribution in [0, 0.1) is 5.82 Å². The molecule has 2 aromatic carbocycles. The maximum atomic E-state index is 15.5. The second-order valence-electron chi connectivity index (χ2n) is 9.35. The van der Waals surface area contributed by atoms with E-state index in [2.05, 4.69) is 5.32 Å². The number of aliphatic carboxylic acids is 1. The molecule has 3 heterocycles. The quantitative estimate of drug-likeness (QED) is 0.226. The van der Waals surface area contributed by atoms with Gasteiger partial charge in [-0.25, -0.2) is 9.18 Å². The molecule has 1 aromatic heterocycles. The van der Waals surface area contributed by atoms with Gasteiger partial charge in [0, 0.05) is 31.9 Å². The van der Waals surface area contributed by atoms with E-state index in [1.807, 2.05) is 4.90 Å². The minimum absolute atomic E-state index is 0.00259. The molecule has 1 saturated heterocycles. The van der Waals surface area contributed by atoms with Gasteiger partial charge >= 0.3 is 18.1 Å². The van der Waals surface area contributed by atoms with Crippen LogP contribution in [-0.4, -0.2) is 66.0 Å². The Morgan fingerprint density at radius 2 is 1.93 bits per heavy atom. The van der Waals surface area contributed by atoms with Crippen LogP contribution in [0.5, 0.6) is 11.5 Å². The number of anilines is 1. The number of hydrogen-bond donors (Lipinski definition) is 3. The number of nitrogens with zero attached hydrogens (tertiary/aromatic N) is 2. The lowest BCUT2D eigenvalue weighted by atomic mass is 10.1. The van der Waals surface area contributed by atoms with Gasteiger partial charge in [-0.15, -0.1) is 0 Å². The molecule has 15 heteroatoms. The van der Waals surface area contributed by atoms with Gasteiger partial charge in [0.25, 0.3) is 5.91 Å². The molecule has 1 unspecified atom stereocenters. The predicted octanol–water partition coefficient (Wildman–Crippen LogP) is 3.09. The number of para-hydroxylation sites is 2. The zero-order valence-electron chi connectivity index (χ0n) is 22.2. The second kappa shape index (κ2) is 12.1. The standard InChI is InChI=1S/C25H25FN4O5.C2HF3O2/c1-2-34-20(31)7-9-28-25(33)16-13-30-18-5-3-4-6-19(18)35-24-21(30)15(23(16)32)11-17(26)22(24)29-10-8-14(27)12-29;3-2(4,5)1(6)7/h3-6,11,13-14H,2,7-10,12,27H2,1H3,(H,28,33);(H,6,7). The number of nitrogens with two attached hydrogens (primary N) is 1. The molecule has 11 nitrogen and oxygen atoms in total. The zero-order valence-corrected chi connectivity index (χ0v) is 22.2. The predicted molar refractivity (Wildman–Crippen MR) is 142 cm³/mol. The van der Waals surface area contributed by atoms with E-state index in [4.69, 9.17) is 25.1 Å². The molecule has 42 heavy (non-hydrogen) atoms. The van der Waals surface area contributed by atoms with Crippen LogP contribution >= 0.6 is 0 Å². The van der Waals surface area contributed by atoms with Crippen molar-refractivity contribution in [2.45, 2.75) is 32.0 Å². The summed E-state index contributed by atoms with van der Waals surface area (Å²) in [5, 5.41) is 9.73. The molecular weight excluding hydrogens is 568 g/mol. The number of carboxylic acids is 1. The van der Waals surface area contributed by atoms with E-state index < -0.39 is 35.3 Å². The smallest absolute Gasteiger partial charge is 0.475 e. The van der Waals surface area contributed by atoms with Gasteiger partial charge in [0.05, 0.1) is 24.1 Å². The largest absolute Gasteiger partial charge is 0.490 e. The number of carbonyl (C=O) groups excluding carboxylic acids is 2. The van der Waals surface area contributed by atoms with Gasteiger partial charge in [0.15, 0.2) is 17.3 Å². The van der Waals surface area contributed by atoms with Crippen molar-refractivity contribution >= 4 is 34.4 Å². The van der Waals surface area contributed by atoms with Crippen LogP contribution < -0.4 is 26.1 Å². The summed E-state index contributed by atoms with van der Waals surface area (Å²) in [7, 11) is 0. The molecule has 1 fully saturated rings. The molecule has 0 spiro atoms. The monoisotopic (exact) mass is 594 g/mol. The highest BCUT2D eigenvalue weighted by atomic mass is 19.4. The number of alkyl halides is 3. The lowest BCUT2D eigenvalue weighted by molar-refractivity contribution is -0.192. The van der Waals surface area contributed by atoms with Crippen LogP contribution in [-0.2, 0) is 14.3 Å². The van der Waals surface area contributed by atoms with Gasteiger partial charge in [-0.3, -0.25) is 14.4 Å². The first-order valence-electron chi connectivity index (χ1n) is 12.8. The van der Waals surface area contributed by atoms with Crippen molar-refractivity contribution in [3.63, 3.8) is 0 Å². The topological polar surface area (TPSA) is 153 Å². The lowest BCUT2D eigenvalue weighted by Crippen LogP contribution is -2.32. The molecule has 4 N–H and O–H groups in total. The Hall–Kier alpha value is -4.66. The summed E-state index contributed by atoms with van der Waals surface area (Å²) in [6, 6.07) is 8.20. The number of carbonyl (C=O) groups is 3. The molecule has 0 radical (unpaired) electrons. The average molecular weight is 595 g/mol. The van der Waals surface area contributed by atoms with E-state index in [9.17, 15) is 27.6 Å². The number of fused-ring (bicyclic) bond motifs is 2. The Balaban J connectivity index is 0.000000517. The van der Waals surface area contributed by atoms with E-state index >= 15 is 4.39 Å². The summed E-state index contributed by atoms with van der Waals surface area (Å²) >= 11 is 0. The summed E-state index contributed by atoms with van der Waals surface area (Å²) in [5.41, 5.74) is 6.51. The SMILES string of the molecule is CCOC(=O)CCNC(=O)c1cn2c3c(c(N4CCC(N)C4)c(F)cc3c1=O)Oc1ccccc1-2.O=C(O)C(F)(F)F. The third-order valence-electron chi connectivity index (χ3n) is 6.46. The van der Waals surface area contributed by atoms with Crippen LogP contribution in [0.15, 0.2) is 41.3 Å². The number of esters is 1. The minimum atomic E-state index is -5.08. The first kappa shape index (κ1) is 30.3. The highest BCUT2D eigenvalue weighted by Gasteiger charge is 2.38. The maximum Gasteiger partial charge on any atom is 0.490 e. The van der Waals surface area contributed by atoms with Gasteiger partial charge in [-0.2, -0.15) is 13.2 Å². The number of carboxylic acid groups (broad SMARTS) is 1. The Morgan fingerprint density at radius 1 is 1.24 bits per heavy atom. The number of aromatic nitrogens is 1. The van der Waals surface area contributed by atoms with Gasteiger partial charge in [-0.1, -0.05) is 12.1 Å². The van der Waals surface area contributed by atoms with Crippen LogP contribution in [0.4, 0.5) is 23.2 Å². The molecule has 0 aliphatic carbocycles. The highest BCUT2D eigenvalue weighted by Crippen LogP contribution is 2.46. The molecule has 0 saturated carbocycles. The van der Waals surface area contributed by atoms with E-state index in [0.29, 0.717) is 36.5 Å². The number of nitrogens with one attached hydrogen (secondary N) is 1. The summed E-state index contributed by atoms with van der Waals surface area (Å²) in [4.78, 5) is 48.5. The number of benzene rings is 2. The Bertz CT molecular complexity index is 1610. The molecule has 5 rings (SSSR count). The van der Waals surface area contributed by atoms with E-state index in [1.54, 1.807) is 35.8 Å². The van der Waals surface area contributed by atoms with Crippen molar-refractivity contribution in [2.75, 3.05) is 31.1 Å². The molecule has 1 atom stereocenters. The third kappa shape index (κ3) is 6.15. The molecule has 2 aliphatic heterocycles. The Labute approximate surface area is 235 Å². The van der Waals surface area contributed by atoms with Crippen LogP contribution in [0.3, 0.4) is 0 Å². The van der Waals surface area contributed by atoms with Crippen molar-refractivity contribution in [3.8, 4) is 17.2 Å². The molecule has 1 amide bonds. The number of ether oxygens (including phenoxy) is 2. The molecule has 2 aliphatic rings. The number of halogens is 4. The second-order valence-corrected chi connectivity index (χ2v) is 9.35. The summed E-state index contributed by atoms with van der Waals surface area (Å²) in [5.74, 6) is -3.80. The Kier molecular flexibility index (Phi) is 8.70. The maximum absolute atomic E-state index is 15.5. The van der Waals surface area contributed by atoms with Crippen LogP contribution in [0.25, 0.3) is 16.6 Å². The number of hydrogen-bond acceptors (Lipinski definition) is 8. The first-order valence-corrected chi connectivity index (χ1v) is 12.8. The van der Waals surface area contributed by atoms with Crippen molar-refractivity contribution < 1.29 is 46.5 Å². The van der Waals surface area contributed by atoms with Crippen molar-refractivity contribution in [3.05, 3.63) is 58.1 Å². The fraction of sp³-hybridized carbons (Fsp3) is 0.333. The van der Waals surface area contributed by atoms with Crippen LogP contribution in [0.2, 0.25) is 0 Å². The van der Waals surface area contributed by atoms with Gasteiger partial charge in [-0.05, 0) is 31.5 Å². The van der Waals surface area contributed by atoms with Crippen LogP contribution in [0.1, 0.15) is 30.1 Å². The highest BCUT2D eigenvalue weighted by molar-refractivity contribution is 6.01. The van der Waals surface area contributed by atoms with Gasteiger partial charge < -0.3 is 35.1 Å². The Morgan fingerprint density at radius 3 is 2.55 bits per heavy atom. The molecule has 224 valence electrons. The van der Waals surface area contributed by atoms with Crippen molar-refractivity contribution in [2.24, 2.45) is 5.73 Å². The number of amides is 1. The summed E-state index contributed by atoms with van der Waals surface area (Å²) in [6.07, 6.45) is -2.96. The molecular formula is C27H26F4N4O7. The molecule has 0 bridgehead atoms. The summed E-state index contributed by atoms with van der Waals surface area (Å²) in [6.45, 7) is 2.96. The van der Waals surface area contributed by atoms with E-state index in [1.165, 1.54) is 6.20 Å². The number of rotatable bonds is 6. The fourth-order valence-corrected chi connectivity index (χ4v) is 4.61.